The molecule has 6 heteroatoms. The number of aromatic nitrogens is 2. The average Bonchev–Trinajstić information content (AvgIpc) is 2.95. The molecule has 0 bridgehead atoms. The SMILES string of the molecule is Cc1ccc(-n2cc(NC(=O)NCCN(C)C(C)C)cn2)c(C)c1. The first-order valence-corrected chi connectivity index (χ1v) is 8.24. The van der Waals surface area contributed by atoms with Crippen LogP contribution in [-0.2, 0) is 0 Å². The Kier molecular flexibility index (Phi) is 5.98. The van der Waals surface area contributed by atoms with Gasteiger partial charge in [0.2, 0.25) is 0 Å². The second-order valence-electron chi connectivity index (χ2n) is 6.42. The van der Waals surface area contributed by atoms with Crippen molar-refractivity contribution < 1.29 is 4.79 Å². The smallest absolute Gasteiger partial charge is 0.319 e. The van der Waals surface area contributed by atoms with Crippen LogP contribution in [0.4, 0.5) is 10.5 Å². The molecular formula is C18H27N5O. The summed E-state index contributed by atoms with van der Waals surface area (Å²) in [5, 5.41) is 10.00. The molecule has 1 aromatic heterocycles. The zero-order chi connectivity index (χ0) is 17.7. The van der Waals surface area contributed by atoms with Crippen LogP contribution in [0.3, 0.4) is 0 Å². The first-order valence-electron chi connectivity index (χ1n) is 8.24. The Morgan fingerprint density at radius 3 is 2.75 bits per heavy atom. The summed E-state index contributed by atoms with van der Waals surface area (Å²) in [5.74, 6) is 0. The van der Waals surface area contributed by atoms with Crippen molar-refractivity contribution in [3.05, 3.63) is 41.7 Å². The van der Waals surface area contributed by atoms with Crippen molar-refractivity contribution in [2.45, 2.75) is 33.7 Å². The van der Waals surface area contributed by atoms with Gasteiger partial charge in [0.05, 0.1) is 23.8 Å². The summed E-state index contributed by atoms with van der Waals surface area (Å²) in [5.41, 5.74) is 4.04. The Labute approximate surface area is 143 Å². The molecule has 0 unspecified atom stereocenters. The Hall–Kier alpha value is -2.34. The van der Waals surface area contributed by atoms with Gasteiger partial charge in [-0.05, 0) is 46.4 Å². The zero-order valence-electron chi connectivity index (χ0n) is 15.1. The molecule has 2 amide bonds. The number of nitrogens with one attached hydrogen (secondary N) is 2. The number of carbonyl (C=O) groups is 1. The van der Waals surface area contributed by atoms with Crippen LogP contribution >= 0.6 is 0 Å². The minimum atomic E-state index is -0.215. The van der Waals surface area contributed by atoms with Gasteiger partial charge in [-0.25, -0.2) is 9.48 Å². The molecule has 0 fully saturated rings. The Bertz CT molecular complexity index is 692. The number of hydrogen-bond donors (Lipinski definition) is 2. The Balaban J connectivity index is 1.90. The highest BCUT2D eigenvalue weighted by Gasteiger charge is 2.08. The fourth-order valence-corrected chi connectivity index (χ4v) is 2.36. The standard InChI is InChI=1S/C18H27N5O/c1-13(2)22(5)9-8-19-18(24)21-16-11-20-23(12-16)17-7-6-14(3)10-15(17)4/h6-7,10-13H,8-9H2,1-5H3,(H2,19,21,24). The Morgan fingerprint density at radius 1 is 1.33 bits per heavy atom. The van der Waals surface area contributed by atoms with Crippen LogP contribution in [0.1, 0.15) is 25.0 Å². The molecule has 0 spiro atoms. The van der Waals surface area contributed by atoms with Gasteiger partial charge in [0, 0.05) is 19.1 Å². The molecule has 0 atom stereocenters. The lowest BCUT2D eigenvalue weighted by atomic mass is 10.1. The highest BCUT2D eigenvalue weighted by molar-refractivity contribution is 5.88. The molecule has 0 aliphatic carbocycles. The summed E-state index contributed by atoms with van der Waals surface area (Å²) in [6, 6.07) is 6.44. The van der Waals surface area contributed by atoms with E-state index < -0.39 is 0 Å². The van der Waals surface area contributed by atoms with E-state index in [2.05, 4.69) is 60.5 Å². The van der Waals surface area contributed by atoms with E-state index >= 15 is 0 Å². The van der Waals surface area contributed by atoms with Gasteiger partial charge in [-0.2, -0.15) is 5.10 Å². The number of rotatable bonds is 6. The van der Waals surface area contributed by atoms with Crippen LogP contribution in [0.25, 0.3) is 5.69 Å². The van der Waals surface area contributed by atoms with Crippen molar-refractivity contribution in [3.8, 4) is 5.69 Å². The van der Waals surface area contributed by atoms with E-state index in [1.165, 1.54) is 5.56 Å². The second-order valence-corrected chi connectivity index (χ2v) is 6.42. The normalized spacial score (nSPS) is 11.1. The summed E-state index contributed by atoms with van der Waals surface area (Å²) in [4.78, 5) is 14.1. The zero-order valence-corrected chi connectivity index (χ0v) is 15.1. The van der Waals surface area contributed by atoms with Gasteiger partial charge >= 0.3 is 6.03 Å². The average molecular weight is 329 g/mol. The molecule has 2 aromatic rings. The number of likely N-dealkylation sites (N-methyl/N-ethyl adjacent to an activating group) is 1. The van der Waals surface area contributed by atoms with Crippen LogP contribution in [-0.4, -0.2) is 46.9 Å². The topological polar surface area (TPSA) is 62.2 Å². The number of aryl methyl sites for hydroxylation is 2. The first kappa shape index (κ1) is 18.0. The third-order valence-corrected chi connectivity index (χ3v) is 4.07. The monoisotopic (exact) mass is 329 g/mol. The molecular weight excluding hydrogens is 302 g/mol. The number of anilines is 1. The van der Waals surface area contributed by atoms with Gasteiger partial charge in [-0.1, -0.05) is 17.7 Å². The number of hydrogen-bond acceptors (Lipinski definition) is 3. The van der Waals surface area contributed by atoms with E-state index in [9.17, 15) is 4.79 Å². The fraction of sp³-hybridized carbons (Fsp3) is 0.444. The van der Waals surface area contributed by atoms with Gasteiger partial charge in [-0.3, -0.25) is 0 Å². The van der Waals surface area contributed by atoms with Crippen molar-refractivity contribution in [2.24, 2.45) is 0 Å². The van der Waals surface area contributed by atoms with Gasteiger partial charge in [-0.15, -0.1) is 0 Å². The maximum atomic E-state index is 11.9. The molecule has 1 aromatic carbocycles. The van der Waals surface area contributed by atoms with E-state index in [4.69, 9.17) is 0 Å². The summed E-state index contributed by atoms with van der Waals surface area (Å²) in [7, 11) is 2.04. The van der Waals surface area contributed by atoms with Gasteiger partial charge in [0.25, 0.3) is 0 Å². The van der Waals surface area contributed by atoms with Crippen LogP contribution in [0, 0.1) is 13.8 Å². The predicted molar refractivity (Wildman–Crippen MR) is 97.8 cm³/mol. The molecule has 0 aliphatic rings. The quantitative estimate of drug-likeness (QED) is 0.856. The van der Waals surface area contributed by atoms with E-state index in [1.807, 2.05) is 19.3 Å². The summed E-state index contributed by atoms with van der Waals surface area (Å²) in [6.07, 6.45) is 3.47. The highest BCUT2D eigenvalue weighted by atomic mass is 16.2. The third kappa shape index (κ3) is 4.83. The Morgan fingerprint density at radius 2 is 2.08 bits per heavy atom. The third-order valence-electron chi connectivity index (χ3n) is 4.07. The predicted octanol–water partition coefficient (Wildman–Crippen LogP) is 2.95. The molecule has 0 saturated carbocycles. The maximum absolute atomic E-state index is 11.9. The van der Waals surface area contributed by atoms with Crippen LogP contribution in [0.5, 0.6) is 0 Å². The van der Waals surface area contributed by atoms with Crippen LogP contribution in [0.2, 0.25) is 0 Å². The lowest BCUT2D eigenvalue weighted by Gasteiger charge is -2.20. The lowest BCUT2D eigenvalue weighted by molar-refractivity contribution is 0.244. The van der Waals surface area contributed by atoms with Gasteiger partial charge < -0.3 is 15.5 Å². The van der Waals surface area contributed by atoms with Crippen LogP contribution < -0.4 is 10.6 Å². The van der Waals surface area contributed by atoms with Gasteiger partial charge in [0.15, 0.2) is 0 Å². The van der Waals surface area contributed by atoms with Crippen molar-refractivity contribution in [1.82, 2.24) is 20.0 Å². The molecule has 24 heavy (non-hydrogen) atoms. The minimum Gasteiger partial charge on any atom is -0.337 e. The molecule has 130 valence electrons. The summed E-state index contributed by atoms with van der Waals surface area (Å²) < 4.78 is 1.77. The molecule has 2 N–H and O–H groups in total. The van der Waals surface area contributed by atoms with E-state index in [1.54, 1.807) is 10.9 Å². The first-order chi connectivity index (χ1) is 11.4. The van der Waals surface area contributed by atoms with E-state index in [0.29, 0.717) is 18.3 Å². The minimum absolute atomic E-state index is 0.215. The molecule has 0 saturated heterocycles. The maximum Gasteiger partial charge on any atom is 0.319 e. The molecule has 2 rings (SSSR count). The van der Waals surface area contributed by atoms with E-state index in [0.717, 1.165) is 17.8 Å². The van der Waals surface area contributed by atoms with Crippen molar-refractivity contribution in [2.75, 3.05) is 25.5 Å². The number of urea groups is 1. The molecule has 0 aliphatic heterocycles. The summed E-state index contributed by atoms with van der Waals surface area (Å²) in [6.45, 7) is 9.78. The number of nitrogens with zero attached hydrogens (tertiary/aromatic N) is 3. The number of benzene rings is 1. The fourth-order valence-electron chi connectivity index (χ4n) is 2.36. The van der Waals surface area contributed by atoms with E-state index in [-0.39, 0.29) is 6.03 Å². The summed E-state index contributed by atoms with van der Waals surface area (Å²) >= 11 is 0. The number of amides is 2. The lowest BCUT2D eigenvalue weighted by Crippen LogP contribution is -2.37. The largest absolute Gasteiger partial charge is 0.337 e. The van der Waals surface area contributed by atoms with Crippen molar-refractivity contribution in [1.29, 1.82) is 0 Å². The second kappa shape index (κ2) is 7.97. The molecule has 1 heterocycles. The number of carbonyl (C=O) groups excluding carboxylic acids is 1. The molecule has 0 radical (unpaired) electrons. The van der Waals surface area contributed by atoms with Crippen LogP contribution in [0.15, 0.2) is 30.6 Å². The van der Waals surface area contributed by atoms with Crippen molar-refractivity contribution >= 4 is 11.7 Å². The highest BCUT2D eigenvalue weighted by Crippen LogP contribution is 2.17. The molecule has 6 nitrogen and oxygen atoms in total. The van der Waals surface area contributed by atoms with Gasteiger partial charge in [0.1, 0.15) is 0 Å². The van der Waals surface area contributed by atoms with Crippen molar-refractivity contribution in [3.63, 3.8) is 0 Å².